The zero-order chi connectivity index (χ0) is 15.4. The zero-order valence-corrected chi connectivity index (χ0v) is 13.5. The largest absolute Gasteiger partial charge is 0.497 e. The Morgan fingerprint density at radius 2 is 1.71 bits per heavy atom. The monoisotopic (exact) mass is 353 g/mol. The lowest BCUT2D eigenvalue weighted by Gasteiger charge is -2.16. The minimum Gasteiger partial charge on any atom is -0.497 e. The lowest BCUT2D eigenvalue weighted by molar-refractivity contribution is 0.392. The fraction of sp³-hybridized carbons (Fsp3) is 0.250. The Morgan fingerprint density at radius 1 is 1.10 bits per heavy atom. The number of ether oxygens (including phenoxy) is 2. The van der Waals surface area contributed by atoms with Crippen LogP contribution in [-0.2, 0) is 6.42 Å². The van der Waals surface area contributed by atoms with Crippen LogP contribution in [0.5, 0.6) is 11.5 Å². The van der Waals surface area contributed by atoms with Crippen LogP contribution in [0.4, 0.5) is 4.39 Å². The van der Waals surface area contributed by atoms with Crippen LogP contribution >= 0.6 is 15.9 Å². The molecule has 5 heteroatoms. The third-order valence-electron chi connectivity index (χ3n) is 3.25. The summed E-state index contributed by atoms with van der Waals surface area (Å²) in [6, 6.07) is 9.81. The molecule has 2 rings (SSSR count). The van der Waals surface area contributed by atoms with Crippen LogP contribution in [-0.4, -0.2) is 14.2 Å². The summed E-state index contributed by atoms with van der Waals surface area (Å²) in [4.78, 5) is 0. The molecular formula is C16H17BrFNO2. The first-order chi connectivity index (χ1) is 10.0. The van der Waals surface area contributed by atoms with Crippen molar-refractivity contribution in [3.63, 3.8) is 0 Å². The molecule has 0 bridgehead atoms. The summed E-state index contributed by atoms with van der Waals surface area (Å²) in [5.74, 6) is 1.08. The number of hydrogen-bond donors (Lipinski definition) is 1. The van der Waals surface area contributed by atoms with E-state index in [1.165, 1.54) is 12.1 Å². The van der Waals surface area contributed by atoms with E-state index in [4.69, 9.17) is 15.2 Å². The molecule has 2 aromatic rings. The van der Waals surface area contributed by atoms with Gasteiger partial charge in [0.05, 0.1) is 14.2 Å². The fourth-order valence-corrected chi connectivity index (χ4v) is 2.51. The fourth-order valence-electron chi connectivity index (χ4n) is 2.10. The quantitative estimate of drug-likeness (QED) is 0.887. The lowest BCUT2D eigenvalue weighted by atomic mass is 9.99. The number of benzene rings is 2. The zero-order valence-electron chi connectivity index (χ0n) is 11.9. The van der Waals surface area contributed by atoms with Crippen LogP contribution < -0.4 is 15.2 Å². The van der Waals surface area contributed by atoms with Gasteiger partial charge in [0.1, 0.15) is 17.3 Å². The SMILES string of the molecule is COc1cc(OC)cc(C(N)Cc2cc(F)ccc2Br)c1. The van der Waals surface area contributed by atoms with E-state index in [1.54, 1.807) is 26.4 Å². The maximum Gasteiger partial charge on any atom is 0.123 e. The van der Waals surface area contributed by atoms with E-state index < -0.39 is 0 Å². The first-order valence-electron chi connectivity index (χ1n) is 6.46. The van der Waals surface area contributed by atoms with Gasteiger partial charge in [0.2, 0.25) is 0 Å². The average molecular weight is 354 g/mol. The van der Waals surface area contributed by atoms with Crippen LogP contribution in [0.25, 0.3) is 0 Å². The van der Waals surface area contributed by atoms with Crippen molar-refractivity contribution in [1.29, 1.82) is 0 Å². The molecule has 0 saturated heterocycles. The summed E-state index contributed by atoms with van der Waals surface area (Å²) >= 11 is 3.42. The lowest BCUT2D eigenvalue weighted by Crippen LogP contribution is -2.14. The van der Waals surface area contributed by atoms with Crippen LogP contribution in [0, 0.1) is 5.82 Å². The molecule has 3 nitrogen and oxygen atoms in total. The summed E-state index contributed by atoms with van der Waals surface area (Å²) in [5.41, 5.74) is 7.94. The summed E-state index contributed by atoms with van der Waals surface area (Å²) in [6.07, 6.45) is 0.509. The van der Waals surface area contributed by atoms with Gasteiger partial charge in [-0.3, -0.25) is 0 Å². The number of nitrogens with two attached hydrogens (primary N) is 1. The van der Waals surface area contributed by atoms with Gasteiger partial charge in [0, 0.05) is 16.6 Å². The third-order valence-corrected chi connectivity index (χ3v) is 4.02. The van der Waals surface area contributed by atoms with E-state index in [0.717, 1.165) is 15.6 Å². The van der Waals surface area contributed by atoms with Gasteiger partial charge in [-0.15, -0.1) is 0 Å². The first kappa shape index (κ1) is 15.8. The molecule has 112 valence electrons. The molecule has 0 aliphatic heterocycles. The van der Waals surface area contributed by atoms with Crippen molar-refractivity contribution in [1.82, 2.24) is 0 Å². The molecule has 0 radical (unpaired) electrons. The number of hydrogen-bond acceptors (Lipinski definition) is 3. The van der Waals surface area contributed by atoms with Crippen molar-refractivity contribution in [2.45, 2.75) is 12.5 Å². The summed E-state index contributed by atoms with van der Waals surface area (Å²) in [7, 11) is 3.18. The predicted molar refractivity (Wildman–Crippen MR) is 84.3 cm³/mol. The molecule has 1 unspecified atom stereocenters. The van der Waals surface area contributed by atoms with Crippen molar-refractivity contribution < 1.29 is 13.9 Å². The molecule has 0 spiro atoms. The highest BCUT2D eigenvalue weighted by Crippen LogP contribution is 2.29. The number of methoxy groups -OCH3 is 2. The molecule has 0 aromatic heterocycles. The second kappa shape index (κ2) is 6.91. The minimum atomic E-state index is -0.285. The van der Waals surface area contributed by atoms with E-state index in [0.29, 0.717) is 17.9 Å². The van der Waals surface area contributed by atoms with Crippen LogP contribution in [0.2, 0.25) is 0 Å². The standard InChI is InChI=1S/C16H17BrFNO2/c1-20-13-6-11(7-14(9-13)21-2)16(19)8-10-5-12(18)3-4-15(10)17/h3-7,9,16H,8,19H2,1-2H3. The van der Waals surface area contributed by atoms with Crippen molar-refractivity contribution in [3.05, 3.63) is 57.8 Å². The highest BCUT2D eigenvalue weighted by atomic mass is 79.9. The second-order valence-corrected chi connectivity index (χ2v) is 5.55. The number of rotatable bonds is 5. The van der Waals surface area contributed by atoms with Gasteiger partial charge >= 0.3 is 0 Å². The minimum absolute atomic E-state index is 0.274. The van der Waals surface area contributed by atoms with Crippen molar-refractivity contribution >= 4 is 15.9 Å². The predicted octanol–water partition coefficient (Wildman–Crippen LogP) is 3.85. The Bertz CT molecular complexity index is 611. The van der Waals surface area contributed by atoms with Crippen LogP contribution in [0.15, 0.2) is 40.9 Å². The second-order valence-electron chi connectivity index (χ2n) is 4.69. The Hall–Kier alpha value is -1.59. The third kappa shape index (κ3) is 3.95. The van der Waals surface area contributed by atoms with Gasteiger partial charge in [-0.05, 0) is 47.9 Å². The van der Waals surface area contributed by atoms with Gasteiger partial charge in [-0.2, -0.15) is 0 Å². The summed E-state index contributed by atoms with van der Waals surface area (Å²) < 4.78 is 24.6. The van der Waals surface area contributed by atoms with Crippen molar-refractivity contribution in [3.8, 4) is 11.5 Å². The molecular weight excluding hydrogens is 337 g/mol. The normalized spacial score (nSPS) is 12.0. The van der Waals surface area contributed by atoms with Gasteiger partial charge in [-0.1, -0.05) is 15.9 Å². The van der Waals surface area contributed by atoms with E-state index >= 15 is 0 Å². The van der Waals surface area contributed by atoms with Crippen molar-refractivity contribution in [2.24, 2.45) is 5.73 Å². The van der Waals surface area contributed by atoms with E-state index in [2.05, 4.69) is 15.9 Å². The Balaban J connectivity index is 2.27. The average Bonchev–Trinajstić information content (AvgIpc) is 2.50. The van der Waals surface area contributed by atoms with Gasteiger partial charge in [-0.25, -0.2) is 4.39 Å². The molecule has 2 N–H and O–H groups in total. The molecule has 0 aliphatic rings. The molecule has 0 fully saturated rings. The van der Waals surface area contributed by atoms with E-state index in [-0.39, 0.29) is 11.9 Å². The molecule has 2 aromatic carbocycles. The molecule has 0 amide bonds. The topological polar surface area (TPSA) is 44.5 Å². The molecule has 0 saturated carbocycles. The van der Waals surface area contributed by atoms with Crippen molar-refractivity contribution in [2.75, 3.05) is 14.2 Å². The molecule has 21 heavy (non-hydrogen) atoms. The summed E-state index contributed by atoms with van der Waals surface area (Å²) in [6.45, 7) is 0. The van der Waals surface area contributed by atoms with E-state index in [1.807, 2.05) is 12.1 Å². The van der Waals surface area contributed by atoms with Gasteiger partial charge < -0.3 is 15.2 Å². The highest BCUT2D eigenvalue weighted by molar-refractivity contribution is 9.10. The maximum absolute atomic E-state index is 13.3. The Kier molecular flexibility index (Phi) is 5.20. The first-order valence-corrected chi connectivity index (χ1v) is 7.25. The smallest absolute Gasteiger partial charge is 0.123 e. The van der Waals surface area contributed by atoms with Crippen LogP contribution in [0.1, 0.15) is 17.2 Å². The highest BCUT2D eigenvalue weighted by Gasteiger charge is 2.13. The Morgan fingerprint density at radius 3 is 2.29 bits per heavy atom. The maximum atomic E-state index is 13.3. The molecule has 0 aliphatic carbocycles. The molecule has 1 atom stereocenters. The van der Waals surface area contributed by atoms with Crippen LogP contribution in [0.3, 0.4) is 0 Å². The van der Waals surface area contributed by atoms with Gasteiger partial charge in [0.25, 0.3) is 0 Å². The Labute approximate surface area is 132 Å². The van der Waals surface area contributed by atoms with Gasteiger partial charge in [0.15, 0.2) is 0 Å². The summed E-state index contributed by atoms with van der Waals surface area (Å²) in [5, 5.41) is 0. The van der Waals surface area contributed by atoms with E-state index in [9.17, 15) is 4.39 Å². The number of halogens is 2. The molecule has 0 heterocycles.